The van der Waals surface area contributed by atoms with Gasteiger partial charge in [0.2, 0.25) is 0 Å². The Morgan fingerprint density at radius 1 is 1.28 bits per heavy atom. The number of anilines is 2. The van der Waals surface area contributed by atoms with Crippen LogP contribution in [0.15, 0.2) is 35.7 Å². The number of thiophene rings is 1. The van der Waals surface area contributed by atoms with E-state index in [1.807, 2.05) is 11.4 Å². The highest BCUT2D eigenvalue weighted by Gasteiger charge is 2.16. The molecule has 0 aliphatic carbocycles. The summed E-state index contributed by atoms with van der Waals surface area (Å²) < 4.78 is 13.3. The fourth-order valence-electron chi connectivity index (χ4n) is 1.91. The molecule has 1 atom stereocenters. The maximum absolute atomic E-state index is 13.3. The summed E-state index contributed by atoms with van der Waals surface area (Å²) in [5.74, 6) is 0.0966. The van der Waals surface area contributed by atoms with Crippen LogP contribution in [0.3, 0.4) is 0 Å². The van der Waals surface area contributed by atoms with Crippen LogP contribution < -0.4 is 11.1 Å². The first kappa shape index (κ1) is 12.9. The molecule has 1 heterocycles. The molecule has 0 radical (unpaired) electrons. The predicted molar refractivity (Wildman–Crippen MR) is 76.3 cm³/mol. The summed E-state index contributed by atoms with van der Waals surface area (Å²) in [6, 6.07) is 8.83. The Balaban J connectivity index is 2.24. The van der Waals surface area contributed by atoms with E-state index in [1.165, 1.54) is 17.0 Å². The number of hydrogen-bond donors (Lipinski definition) is 2. The summed E-state index contributed by atoms with van der Waals surface area (Å²) in [6.45, 7) is 4.28. The first-order chi connectivity index (χ1) is 8.56. The van der Waals surface area contributed by atoms with Crippen molar-refractivity contribution in [2.75, 3.05) is 11.1 Å². The van der Waals surface area contributed by atoms with Gasteiger partial charge in [-0.25, -0.2) is 4.39 Å². The van der Waals surface area contributed by atoms with Gasteiger partial charge in [-0.15, -0.1) is 11.3 Å². The van der Waals surface area contributed by atoms with Crippen molar-refractivity contribution in [1.82, 2.24) is 0 Å². The molecule has 0 aliphatic rings. The van der Waals surface area contributed by atoms with Crippen LogP contribution in [0.1, 0.15) is 24.8 Å². The van der Waals surface area contributed by atoms with Crippen molar-refractivity contribution >= 4 is 22.7 Å². The average molecular weight is 264 g/mol. The van der Waals surface area contributed by atoms with Gasteiger partial charge in [-0.05, 0) is 35.6 Å². The minimum Gasteiger partial charge on any atom is -0.399 e. The normalized spacial score (nSPS) is 12.7. The molecule has 0 spiro atoms. The van der Waals surface area contributed by atoms with Crippen LogP contribution in [0.25, 0.3) is 0 Å². The molecule has 0 saturated heterocycles. The lowest BCUT2D eigenvalue weighted by Gasteiger charge is -2.22. The quantitative estimate of drug-likeness (QED) is 0.809. The summed E-state index contributed by atoms with van der Waals surface area (Å²) in [5.41, 5.74) is 6.81. The zero-order valence-corrected chi connectivity index (χ0v) is 11.3. The van der Waals surface area contributed by atoms with Crippen molar-refractivity contribution in [3.63, 3.8) is 0 Å². The number of nitrogens with one attached hydrogen (secondary N) is 1. The van der Waals surface area contributed by atoms with Gasteiger partial charge in [0, 0.05) is 16.3 Å². The minimum absolute atomic E-state index is 0.172. The van der Waals surface area contributed by atoms with E-state index >= 15 is 0 Å². The van der Waals surface area contributed by atoms with Crippen LogP contribution in [0.2, 0.25) is 0 Å². The second kappa shape index (κ2) is 5.40. The molecule has 0 fully saturated rings. The Hall–Kier alpha value is -1.55. The average Bonchev–Trinajstić information content (AvgIpc) is 2.77. The molecule has 2 rings (SSSR count). The lowest BCUT2D eigenvalue weighted by Crippen LogP contribution is -2.15. The fourth-order valence-corrected chi connectivity index (χ4v) is 2.86. The van der Waals surface area contributed by atoms with Gasteiger partial charge in [0.15, 0.2) is 0 Å². The Morgan fingerprint density at radius 3 is 2.61 bits per heavy atom. The van der Waals surface area contributed by atoms with E-state index < -0.39 is 0 Å². The molecule has 0 aliphatic heterocycles. The smallest absolute Gasteiger partial charge is 0.127 e. The largest absolute Gasteiger partial charge is 0.399 e. The zero-order chi connectivity index (χ0) is 13.1. The number of halogens is 1. The lowest BCUT2D eigenvalue weighted by atomic mass is 10.0. The molecular weight excluding hydrogens is 247 g/mol. The van der Waals surface area contributed by atoms with E-state index in [2.05, 4.69) is 25.2 Å². The molecule has 3 N–H and O–H groups in total. The number of benzene rings is 1. The molecule has 1 aromatic heterocycles. The molecule has 0 bridgehead atoms. The molecule has 1 aromatic carbocycles. The van der Waals surface area contributed by atoms with E-state index in [1.54, 1.807) is 17.4 Å². The second-order valence-corrected chi connectivity index (χ2v) is 5.63. The molecule has 2 nitrogen and oxygen atoms in total. The van der Waals surface area contributed by atoms with Crippen molar-refractivity contribution < 1.29 is 4.39 Å². The Bertz CT molecular complexity index is 488. The summed E-state index contributed by atoms with van der Waals surface area (Å²) in [7, 11) is 0. The van der Waals surface area contributed by atoms with E-state index in [4.69, 9.17) is 5.73 Å². The number of nitrogen functional groups attached to an aromatic ring is 1. The highest BCUT2D eigenvalue weighted by atomic mass is 32.1. The SMILES string of the molecule is CC(C)C(Nc1cc(N)cc(F)c1)c1cccs1. The number of nitrogens with two attached hydrogens (primary N) is 1. The number of hydrogen-bond acceptors (Lipinski definition) is 3. The maximum atomic E-state index is 13.3. The summed E-state index contributed by atoms with van der Waals surface area (Å²) >= 11 is 1.70. The van der Waals surface area contributed by atoms with Crippen LogP contribution in [-0.4, -0.2) is 0 Å². The molecule has 2 aromatic rings. The minimum atomic E-state index is -0.314. The van der Waals surface area contributed by atoms with Gasteiger partial charge < -0.3 is 11.1 Å². The zero-order valence-electron chi connectivity index (χ0n) is 10.5. The second-order valence-electron chi connectivity index (χ2n) is 4.65. The van der Waals surface area contributed by atoms with Crippen LogP contribution in [0.5, 0.6) is 0 Å². The summed E-state index contributed by atoms with van der Waals surface area (Å²) in [4.78, 5) is 1.24. The van der Waals surface area contributed by atoms with E-state index in [-0.39, 0.29) is 11.9 Å². The summed E-state index contributed by atoms with van der Waals surface area (Å²) in [5, 5.41) is 5.40. The van der Waals surface area contributed by atoms with Gasteiger partial charge in [0.25, 0.3) is 0 Å². The predicted octanol–water partition coefficient (Wildman–Crippen LogP) is 4.28. The fraction of sp³-hybridized carbons (Fsp3) is 0.286. The van der Waals surface area contributed by atoms with Crippen molar-refractivity contribution in [3.8, 4) is 0 Å². The van der Waals surface area contributed by atoms with Gasteiger partial charge in [0.05, 0.1) is 6.04 Å². The monoisotopic (exact) mass is 264 g/mol. The third-order valence-corrected chi connectivity index (χ3v) is 3.71. The topological polar surface area (TPSA) is 38.0 Å². The highest BCUT2D eigenvalue weighted by Crippen LogP contribution is 2.30. The first-order valence-electron chi connectivity index (χ1n) is 5.92. The van der Waals surface area contributed by atoms with Crippen molar-refractivity contribution in [3.05, 3.63) is 46.4 Å². The van der Waals surface area contributed by atoms with Crippen LogP contribution in [0, 0.1) is 11.7 Å². The van der Waals surface area contributed by atoms with Gasteiger partial charge in [0.1, 0.15) is 5.82 Å². The molecule has 4 heteroatoms. The Morgan fingerprint density at radius 2 is 2.06 bits per heavy atom. The van der Waals surface area contributed by atoms with Gasteiger partial charge in [-0.2, -0.15) is 0 Å². The molecular formula is C14H17FN2S. The highest BCUT2D eigenvalue weighted by molar-refractivity contribution is 7.10. The summed E-state index contributed by atoms with van der Waals surface area (Å²) in [6.07, 6.45) is 0. The maximum Gasteiger partial charge on any atom is 0.127 e. The van der Waals surface area contributed by atoms with Crippen LogP contribution >= 0.6 is 11.3 Å². The Kier molecular flexibility index (Phi) is 3.87. The third kappa shape index (κ3) is 3.01. The number of rotatable bonds is 4. The molecule has 1 unspecified atom stereocenters. The van der Waals surface area contributed by atoms with Crippen molar-refractivity contribution in [2.45, 2.75) is 19.9 Å². The molecule has 0 saturated carbocycles. The van der Waals surface area contributed by atoms with Crippen molar-refractivity contribution in [2.24, 2.45) is 5.92 Å². The third-order valence-electron chi connectivity index (χ3n) is 2.76. The van der Waals surface area contributed by atoms with E-state index in [9.17, 15) is 4.39 Å². The molecule has 18 heavy (non-hydrogen) atoms. The van der Waals surface area contributed by atoms with Gasteiger partial charge in [-0.1, -0.05) is 19.9 Å². The van der Waals surface area contributed by atoms with Gasteiger partial charge in [-0.3, -0.25) is 0 Å². The molecule has 0 amide bonds. The first-order valence-corrected chi connectivity index (χ1v) is 6.80. The standard InChI is InChI=1S/C14H17FN2S/c1-9(2)14(13-4-3-5-18-13)17-12-7-10(15)6-11(16)8-12/h3-9,14,17H,16H2,1-2H3. The van der Waals surface area contributed by atoms with Crippen molar-refractivity contribution in [1.29, 1.82) is 0 Å². The van der Waals surface area contributed by atoms with Crippen LogP contribution in [0.4, 0.5) is 15.8 Å². The Labute approximate surface area is 111 Å². The lowest BCUT2D eigenvalue weighted by molar-refractivity contribution is 0.553. The molecule has 96 valence electrons. The van der Waals surface area contributed by atoms with Gasteiger partial charge >= 0.3 is 0 Å². The van der Waals surface area contributed by atoms with Crippen LogP contribution in [-0.2, 0) is 0 Å². The van der Waals surface area contributed by atoms with E-state index in [0.29, 0.717) is 11.6 Å². The van der Waals surface area contributed by atoms with E-state index in [0.717, 1.165) is 5.69 Å².